The van der Waals surface area contributed by atoms with Crippen molar-refractivity contribution in [1.82, 2.24) is 15.6 Å². The third-order valence-electron chi connectivity index (χ3n) is 5.70. The van der Waals surface area contributed by atoms with Crippen molar-refractivity contribution < 1.29 is 29.4 Å². The third-order valence-corrected chi connectivity index (χ3v) is 5.70. The van der Waals surface area contributed by atoms with Crippen LogP contribution in [0.15, 0.2) is 79.0 Å². The van der Waals surface area contributed by atoms with Crippen LogP contribution in [0.25, 0.3) is 11.1 Å². The lowest BCUT2D eigenvalue weighted by Crippen LogP contribution is -2.49. The molecule has 2 unspecified atom stereocenters. The van der Waals surface area contributed by atoms with Crippen LogP contribution in [-0.2, 0) is 19.2 Å². The van der Waals surface area contributed by atoms with Crippen LogP contribution < -0.4 is 16.0 Å². The highest BCUT2D eigenvalue weighted by Crippen LogP contribution is 2.23. The van der Waals surface area contributed by atoms with Gasteiger partial charge in [-0.3, -0.25) is 19.2 Å². The number of carbonyl (C=O) groups is 4. The highest BCUT2D eigenvalue weighted by Gasteiger charge is 2.27. The molecule has 0 aliphatic heterocycles. The Hall–Kier alpha value is -4.73. The van der Waals surface area contributed by atoms with E-state index in [-0.39, 0.29) is 6.42 Å². The molecule has 1 aromatic heterocycles. The van der Waals surface area contributed by atoms with Gasteiger partial charge in [0.1, 0.15) is 11.9 Å². The highest BCUT2D eigenvalue weighted by molar-refractivity contribution is 5.91. The first-order valence-corrected chi connectivity index (χ1v) is 12.2. The van der Waals surface area contributed by atoms with Crippen LogP contribution in [0.1, 0.15) is 37.3 Å². The fraction of sp³-hybridized carbons (Fsp3) is 0.250. The first kappa shape index (κ1) is 27.9. The zero-order valence-electron chi connectivity index (χ0n) is 20.7. The highest BCUT2D eigenvalue weighted by atomic mass is 16.4. The molecular formula is C28H30N4O6. The largest absolute Gasteiger partial charge is 0.481 e. The lowest BCUT2D eigenvalue weighted by atomic mass is 9.98. The minimum atomic E-state index is -1.36. The van der Waals surface area contributed by atoms with Crippen molar-refractivity contribution in [3.05, 3.63) is 84.6 Å². The molecule has 198 valence electrons. The molecule has 0 fully saturated rings. The molecule has 2 amide bonds. The van der Waals surface area contributed by atoms with Gasteiger partial charge in [-0.15, -0.1) is 0 Å². The summed E-state index contributed by atoms with van der Waals surface area (Å²) in [5, 5.41) is 26.8. The van der Waals surface area contributed by atoms with Gasteiger partial charge in [0.25, 0.3) is 0 Å². The van der Waals surface area contributed by atoms with Crippen molar-refractivity contribution in [3.63, 3.8) is 0 Å². The maximum absolute atomic E-state index is 13.0. The molecule has 0 saturated heterocycles. The van der Waals surface area contributed by atoms with Crippen molar-refractivity contribution in [2.75, 3.05) is 11.9 Å². The fourth-order valence-electron chi connectivity index (χ4n) is 3.82. The molecule has 1 heterocycles. The summed E-state index contributed by atoms with van der Waals surface area (Å²) in [7, 11) is 0. The Bertz CT molecular complexity index is 1220. The Morgan fingerprint density at radius 1 is 0.763 bits per heavy atom. The number of hydrogen-bond donors (Lipinski definition) is 5. The molecule has 2 atom stereocenters. The predicted molar refractivity (Wildman–Crippen MR) is 141 cm³/mol. The number of carboxylic acid groups (broad SMARTS) is 2. The van der Waals surface area contributed by atoms with Crippen molar-refractivity contribution in [3.8, 4) is 11.1 Å². The molecule has 0 saturated carbocycles. The van der Waals surface area contributed by atoms with Crippen LogP contribution in [0.3, 0.4) is 0 Å². The summed E-state index contributed by atoms with van der Waals surface area (Å²) in [4.78, 5) is 52.4. The van der Waals surface area contributed by atoms with E-state index in [0.717, 1.165) is 11.1 Å². The van der Waals surface area contributed by atoms with Gasteiger partial charge in [0.05, 0.1) is 18.9 Å². The first-order chi connectivity index (χ1) is 18.3. The normalized spacial score (nSPS) is 12.1. The third kappa shape index (κ3) is 9.05. The van der Waals surface area contributed by atoms with Crippen LogP contribution in [0, 0.1) is 0 Å². The molecule has 10 nitrogen and oxygen atoms in total. The van der Waals surface area contributed by atoms with Gasteiger partial charge in [0.2, 0.25) is 11.8 Å². The lowest BCUT2D eigenvalue weighted by molar-refractivity contribution is -0.142. The molecule has 10 heteroatoms. The van der Waals surface area contributed by atoms with Crippen LogP contribution in [0.5, 0.6) is 0 Å². The average molecular weight is 519 g/mol. The standard InChI is InChI=1S/C28H30N4O6/c33-25(10-6-16-30-24-9-4-5-15-29-24)31-23(18-27(36)37)28(38)32-22(17-26(34)35)21-13-11-20(12-14-21)19-7-2-1-3-8-19/h1-5,7-9,11-15,22-23H,6,10,16-18H2,(H,29,30)(H,31,33)(H,32,38)(H,34,35)(H,36,37). The number of nitrogens with one attached hydrogen (secondary N) is 3. The van der Waals surface area contributed by atoms with Gasteiger partial charge in [-0.1, -0.05) is 60.7 Å². The Morgan fingerprint density at radius 3 is 2.05 bits per heavy atom. The van der Waals surface area contributed by atoms with Gasteiger partial charge in [-0.05, 0) is 35.2 Å². The number of amides is 2. The van der Waals surface area contributed by atoms with Crippen molar-refractivity contribution in [2.45, 2.75) is 37.8 Å². The number of pyridine rings is 1. The molecule has 2 aromatic carbocycles. The minimum Gasteiger partial charge on any atom is -0.481 e. The summed E-state index contributed by atoms with van der Waals surface area (Å²) in [5.41, 5.74) is 2.45. The summed E-state index contributed by atoms with van der Waals surface area (Å²) >= 11 is 0. The zero-order valence-corrected chi connectivity index (χ0v) is 20.7. The second-order valence-corrected chi connectivity index (χ2v) is 8.61. The molecule has 0 radical (unpaired) electrons. The van der Waals surface area contributed by atoms with Gasteiger partial charge in [-0.2, -0.15) is 0 Å². The van der Waals surface area contributed by atoms with E-state index in [1.165, 1.54) is 0 Å². The summed E-state index contributed by atoms with van der Waals surface area (Å²) in [5.74, 6) is -3.01. The van der Waals surface area contributed by atoms with E-state index in [0.29, 0.717) is 24.3 Å². The number of aliphatic carboxylic acids is 2. The van der Waals surface area contributed by atoms with E-state index in [4.69, 9.17) is 0 Å². The Balaban J connectivity index is 1.62. The fourth-order valence-corrected chi connectivity index (χ4v) is 3.82. The summed E-state index contributed by atoms with van der Waals surface area (Å²) in [6.45, 7) is 0.458. The van der Waals surface area contributed by atoms with Crippen LogP contribution >= 0.6 is 0 Å². The Labute approximate surface area is 220 Å². The van der Waals surface area contributed by atoms with E-state index in [1.54, 1.807) is 30.5 Å². The van der Waals surface area contributed by atoms with Gasteiger partial charge in [-0.25, -0.2) is 4.98 Å². The van der Waals surface area contributed by atoms with Gasteiger partial charge in [0.15, 0.2) is 0 Å². The maximum atomic E-state index is 13.0. The second-order valence-electron chi connectivity index (χ2n) is 8.61. The van der Waals surface area contributed by atoms with E-state index in [9.17, 15) is 29.4 Å². The molecule has 0 bridgehead atoms. The number of aromatic nitrogens is 1. The molecule has 5 N–H and O–H groups in total. The average Bonchev–Trinajstić information content (AvgIpc) is 2.91. The monoisotopic (exact) mass is 518 g/mol. The number of hydrogen-bond acceptors (Lipinski definition) is 6. The summed E-state index contributed by atoms with van der Waals surface area (Å²) in [6.07, 6.45) is 1.07. The topological polar surface area (TPSA) is 158 Å². The SMILES string of the molecule is O=C(O)CC(NC(=O)CCCNc1ccccn1)C(=O)NC(CC(=O)O)c1ccc(-c2ccccc2)cc1. The lowest BCUT2D eigenvalue weighted by Gasteiger charge is -2.22. The molecular weight excluding hydrogens is 488 g/mol. The van der Waals surface area contributed by atoms with Gasteiger partial charge >= 0.3 is 11.9 Å². The van der Waals surface area contributed by atoms with E-state index in [1.807, 2.05) is 48.5 Å². The van der Waals surface area contributed by atoms with E-state index >= 15 is 0 Å². The van der Waals surface area contributed by atoms with Gasteiger partial charge < -0.3 is 26.2 Å². The Morgan fingerprint density at radius 2 is 1.42 bits per heavy atom. The van der Waals surface area contributed by atoms with Crippen molar-refractivity contribution >= 4 is 29.6 Å². The number of benzene rings is 2. The number of anilines is 1. The molecule has 3 aromatic rings. The molecule has 38 heavy (non-hydrogen) atoms. The van der Waals surface area contributed by atoms with E-state index < -0.39 is 48.7 Å². The van der Waals surface area contributed by atoms with Crippen molar-refractivity contribution in [1.29, 1.82) is 0 Å². The smallest absolute Gasteiger partial charge is 0.305 e. The molecule has 0 aliphatic rings. The predicted octanol–water partition coefficient (Wildman–Crippen LogP) is 3.23. The van der Waals surface area contributed by atoms with Crippen molar-refractivity contribution in [2.24, 2.45) is 0 Å². The molecule has 0 aliphatic carbocycles. The Kier molecular flexibility index (Phi) is 10.3. The van der Waals surface area contributed by atoms with Crippen LogP contribution in [0.2, 0.25) is 0 Å². The minimum absolute atomic E-state index is 0.0583. The van der Waals surface area contributed by atoms with E-state index in [2.05, 4.69) is 20.9 Å². The summed E-state index contributed by atoms with van der Waals surface area (Å²) in [6, 6.07) is 19.8. The van der Waals surface area contributed by atoms with Crippen LogP contribution in [0.4, 0.5) is 5.82 Å². The number of rotatable bonds is 14. The molecule has 0 spiro atoms. The second kappa shape index (κ2) is 14.1. The number of carboxylic acids is 2. The summed E-state index contributed by atoms with van der Waals surface area (Å²) < 4.78 is 0. The number of carbonyl (C=O) groups excluding carboxylic acids is 2. The van der Waals surface area contributed by atoms with Gasteiger partial charge in [0, 0.05) is 19.2 Å². The zero-order chi connectivity index (χ0) is 27.3. The molecule has 3 rings (SSSR count). The van der Waals surface area contributed by atoms with Crippen LogP contribution in [-0.4, -0.2) is 51.5 Å². The first-order valence-electron chi connectivity index (χ1n) is 12.2. The number of nitrogens with zero attached hydrogens (tertiary/aromatic N) is 1. The quantitative estimate of drug-likeness (QED) is 0.204. The maximum Gasteiger partial charge on any atom is 0.305 e.